The third-order valence-electron chi connectivity index (χ3n) is 1.46. The van der Waals surface area contributed by atoms with Gasteiger partial charge in [-0.1, -0.05) is 6.32 Å². The molecule has 0 aliphatic rings. The van der Waals surface area contributed by atoms with E-state index in [0.29, 0.717) is 12.1 Å². The van der Waals surface area contributed by atoms with E-state index in [4.69, 9.17) is 0 Å². The van der Waals surface area contributed by atoms with Gasteiger partial charge in [-0.2, -0.15) is 0 Å². The standard InChI is InChI=1S/C7H5BF5.K/c9-6-1-2-7(10)5(3-6)4-8(11,12)13;/h1-3H,4H2;/q-1;+1. The van der Waals surface area contributed by atoms with Crippen molar-refractivity contribution in [2.45, 2.75) is 6.32 Å². The van der Waals surface area contributed by atoms with E-state index in [1.165, 1.54) is 0 Å². The third-order valence-corrected chi connectivity index (χ3v) is 1.46. The van der Waals surface area contributed by atoms with Crippen LogP contribution in [0.4, 0.5) is 21.7 Å². The van der Waals surface area contributed by atoms with E-state index in [1.54, 1.807) is 0 Å². The predicted molar refractivity (Wildman–Crippen MR) is 39.1 cm³/mol. The SMILES string of the molecule is Fc1ccc(F)c(C[B-](F)(F)F)c1.[K+]. The maximum Gasteiger partial charge on any atom is 1.00 e. The molecule has 0 bridgehead atoms. The molecule has 7 heteroatoms. The molecular weight excluding hydrogens is 229 g/mol. The van der Waals surface area contributed by atoms with E-state index in [1.807, 2.05) is 0 Å². The molecule has 0 radical (unpaired) electrons. The fourth-order valence-electron chi connectivity index (χ4n) is 0.949. The van der Waals surface area contributed by atoms with Crippen molar-refractivity contribution < 1.29 is 73.1 Å². The van der Waals surface area contributed by atoms with Crippen LogP contribution in [0.3, 0.4) is 0 Å². The van der Waals surface area contributed by atoms with E-state index in [-0.39, 0.29) is 51.4 Å². The first-order chi connectivity index (χ1) is 5.88. The van der Waals surface area contributed by atoms with Crippen LogP contribution in [0.25, 0.3) is 0 Å². The molecule has 0 saturated carbocycles. The van der Waals surface area contributed by atoms with E-state index >= 15 is 0 Å². The smallest absolute Gasteiger partial charge is 0.449 e. The van der Waals surface area contributed by atoms with Crippen molar-refractivity contribution in [3.8, 4) is 0 Å². The fraction of sp³-hybridized carbons (Fsp3) is 0.143. The van der Waals surface area contributed by atoms with Gasteiger partial charge in [0.25, 0.3) is 0 Å². The molecule has 1 aromatic carbocycles. The van der Waals surface area contributed by atoms with Crippen LogP contribution in [-0.4, -0.2) is 6.98 Å². The van der Waals surface area contributed by atoms with Gasteiger partial charge in [0.15, 0.2) is 0 Å². The Morgan fingerprint density at radius 2 is 1.64 bits per heavy atom. The first-order valence-corrected chi connectivity index (χ1v) is 3.53. The van der Waals surface area contributed by atoms with Gasteiger partial charge in [0.05, 0.1) is 0 Å². The van der Waals surface area contributed by atoms with E-state index in [9.17, 15) is 21.7 Å². The van der Waals surface area contributed by atoms with Crippen LogP contribution in [0.5, 0.6) is 0 Å². The Labute approximate surface area is 120 Å². The maximum atomic E-state index is 12.6. The average molecular weight is 234 g/mol. The fourth-order valence-corrected chi connectivity index (χ4v) is 0.949. The molecule has 0 spiro atoms. The second-order valence-electron chi connectivity index (χ2n) is 2.65. The van der Waals surface area contributed by atoms with Gasteiger partial charge in [0.2, 0.25) is 0 Å². The molecule has 0 unspecified atom stereocenters. The topological polar surface area (TPSA) is 0 Å². The molecule has 0 aliphatic heterocycles. The Kier molecular flexibility index (Phi) is 5.83. The maximum absolute atomic E-state index is 12.6. The number of halogens is 5. The van der Waals surface area contributed by atoms with Crippen molar-refractivity contribution in [3.63, 3.8) is 0 Å². The summed E-state index contributed by atoms with van der Waals surface area (Å²) in [5.74, 6) is -1.89. The monoisotopic (exact) mass is 234 g/mol. The van der Waals surface area contributed by atoms with Crippen molar-refractivity contribution in [2.24, 2.45) is 0 Å². The second-order valence-corrected chi connectivity index (χ2v) is 2.65. The van der Waals surface area contributed by atoms with Gasteiger partial charge in [0.1, 0.15) is 11.6 Å². The molecular formula is C7H5BF5K. The summed E-state index contributed by atoms with van der Waals surface area (Å²) in [7, 11) is 0. The molecule has 0 aliphatic carbocycles. The van der Waals surface area contributed by atoms with Crippen LogP contribution in [0, 0.1) is 11.6 Å². The molecule has 0 heterocycles. The molecule has 72 valence electrons. The predicted octanol–water partition coefficient (Wildman–Crippen LogP) is -0.102. The number of rotatable bonds is 2. The summed E-state index contributed by atoms with van der Waals surface area (Å²) in [5.41, 5.74) is -0.646. The normalized spacial score (nSPS) is 10.9. The van der Waals surface area contributed by atoms with E-state index in [2.05, 4.69) is 0 Å². The molecule has 0 saturated heterocycles. The Morgan fingerprint density at radius 3 is 2.14 bits per heavy atom. The summed E-state index contributed by atoms with van der Waals surface area (Å²) in [5, 5.41) is 0. The zero-order chi connectivity index (χ0) is 10.1. The van der Waals surface area contributed by atoms with Gasteiger partial charge in [-0.25, -0.2) is 8.78 Å². The Bertz CT molecular complexity index is 311. The summed E-state index contributed by atoms with van der Waals surface area (Å²) in [4.78, 5) is 0. The van der Waals surface area contributed by atoms with Crippen molar-refractivity contribution in [1.82, 2.24) is 0 Å². The van der Waals surface area contributed by atoms with Gasteiger partial charge in [0, 0.05) is 0 Å². The molecule has 0 atom stereocenters. The van der Waals surface area contributed by atoms with Gasteiger partial charge >= 0.3 is 58.4 Å². The Morgan fingerprint density at radius 1 is 1.07 bits per heavy atom. The van der Waals surface area contributed by atoms with Crippen LogP contribution in [0.15, 0.2) is 18.2 Å². The van der Waals surface area contributed by atoms with Crippen LogP contribution < -0.4 is 51.4 Å². The first-order valence-electron chi connectivity index (χ1n) is 3.53. The molecule has 0 fully saturated rings. The average Bonchev–Trinajstić information content (AvgIpc) is 1.94. The van der Waals surface area contributed by atoms with Crippen molar-refractivity contribution in [2.75, 3.05) is 0 Å². The molecule has 0 nitrogen and oxygen atoms in total. The first kappa shape index (κ1) is 14.6. The van der Waals surface area contributed by atoms with E-state index in [0.717, 1.165) is 6.07 Å². The Balaban J connectivity index is 0.00000169. The second kappa shape index (κ2) is 5.60. The van der Waals surface area contributed by atoms with Gasteiger partial charge in [-0.15, -0.1) is 0 Å². The zero-order valence-electron chi connectivity index (χ0n) is 7.41. The summed E-state index contributed by atoms with van der Waals surface area (Å²) in [6, 6.07) is 2.03. The molecule has 1 rings (SSSR count). The summed E-state index contributed by atoms with van der Waals surface area (Å²) in [6.07, 6.45) is -1.39. The molecule has 0 aromatic heterocycles. The van der Waals surface area contributed by atoms with Crippen molar-refractivity contribution in [1.29, 1.82) is 0 Å². The van der Waals surface area contributed by atoms with Gasteiger partial charge in [-0.05, 0) is 23.8 Å². The molecule has 14 heavy (non-hydrogen) atoms. The number of hydrogen-bond donors (Lipinski definition) is 0. The zero-order valence-corrected chi connectivity index (χ0v) is 10.5. The quantitative estimate of drug-likeness (QED) is 0.495. The summed E-state index contributed by atoms with van der Waals surface area (Å²) >= 11 is 0. The van der Waals surface area contributed by atoms with E-state index < -0.39 is 30.5 Å². The molecule has 0 amide bonds. The van der Waals surface area contributed by atoms with Crippen LogP contribution in [-0.2, 0) is 6.32 Å². The molecule has 1 aromatic rings. The number of hydrogen-bond acceptors (Lipinski definition) is 0. The van der Waals surface area contributed by atoms with Gasteiger partial charge in [-0.3, -0.25) is 0 Å². The van der Waals surface area contributed by atoms with Crippen molar-refractivity contribution >= 4 is 6.98 Å². The minimum Gasteiger partial charge on any atom is -0.449 e. The number of benzene rings is 1. The minimum absolute atomic E-state index is 0. The van der Waals surface area contributed by atoms with Crippen LogP contribution in [0.2, 0.25) is 0 Å². The van der Waals surface area contributed by atoms with Crippen LogP contribution in [0.1, 0.15) is 5.56 Å². The largest absolute Gasteiger partial charge is 1.00 e. The van der Waals surface area contributed by atoms with Gasteiger partial charge < -0.3 is 12.9 Å². The third kappa shape index (κ3) is 4.88. The summed E-state index contributed by atoms with van der Waals surface area (Å²) in [6.45, 7) is -5.12. The molecule has 0 N–H and O–H groups in total. The van der Waals surface area contributed by atoms with Crippen molar-refractivity contribution in [3.05, 3.63) is 35.4 Å². The van der Waals surface area contributed by atoms with Crippen LogP contribution >= 0.6 is 0 Å². The summed E-state index contributed by atoms with van der Waals surface area (Å²) < 4.78 is 60.5. The Hall–Kier alpha value is 0.571. The minimum atomic E-state index is -5.12.